The van der Waals surface area contributed by atoms with Crippen LogP contribution in [0.1, 0.15) is 11.1 Å². The van der Waals surface area contributed by atoms with E-state index in [1.54, 1.807) is 12.1 Å². The molecule has 0 aliphatic carbocycles. The van der Waals surface area contributed by atoms with Crippen molar-refractivity contribution < 1.29 is 4.74 Å². The van der Waals surface area contributed by atoms with Crippen molar-refractivity contribution in [1.82, 2.24) is 0 Å². The molecule has 0 spiro atoms. The van der Waals surface area contributed by atoms with Gasteiger partial charge in [0.05, 0.1) is 0 Å². The van der Waals surface area contributed by atoms with Crippen LogP contribution in [0.5, 0.6) is 5.75 Å². The molecule has 0 fully saturated rings. The molecule has 21 heavy (non-hydrogen) atoms. The fourth-order valence-corrected chi connectivity index (χ4v) is 2.28. The summed E-state index contributed by atoms with van der Waals surface area (Å²) in [4.78, 5) is 0.319. The van der Waals surface area contributed by atoms with Gasteiger partial charge in [0.1, 0.15) is 17.3 Å². The molecule has 0 unspecified atom stereocenters. The topological polar surface area (TPSA) is 47.3 Å². The van der Waals surface area contributed by atoms with Crippen molar-refractivity contribution in [2.45, 2.75) is 6.92 Å². The molecule has 0 aliphatic rings. The van der Waals surface area contributed by atoms with Gasteiger partial charge < -0.3 is 15.8 Å². The van der Waals surface area contributed by atoms with Crippen molar-refractivity contribution >= 4 is 34.5 Å². The van der Waals surface area contributed by atoms with Crippen LogP contribution in [0.25, 0.3) is 0 Å². The molecule has 2 aromatic carbocycles. The number of ether oxygens (including phenoxy) is 1. The number of anilines is 1. The van der Waals surface area contributed by atoms with Crippen molar-refractivity contribution in [3.63, 3.8) is 0 Å². The molecule has 2 rings (SSSR count). The Morgan fingerprint density at radius 2 is 2.10 bits per heavy atom. The Balaban J connectivity index is 1.90. The second-order valence-corrected chi connectivity index (χ2v) is 5.52. The third-order valence-electron chi connectivity index (χ3n) is 2.92. The Bertz CT molecular complexity index is 646. The standard InChI is InChI=1S/C16H17ClN2OS/c1-11-3-2-4-13(9-11)20-8-7-19-15-6-5-12(17)10-14(15)16(18)21/h2-6,9-10,19H,7-8H2,1H3,(H2,18,21). The van der Waals surface area contributed by atoms with Crippen LogP contribution in [0.2, 0.25) is 5.02 Å². The van der Waals surface area contributed by atoms with Gasteiger partial charge in [-0.05, 0) is 42.8 Å². The zero-order valence-corrected chi connectivity index (χ0v) is 13.3. The van der Waals surface area contributed by atoms with Crippen molar-refractivity contribution in [2.24, 2.45) is 5.73 Å². The van der Waals surface area contributed by atoms with Gasteiger partial charge in [-0.15, -0.1) is 0 Å². The minimum Gasteiger partial charge on any atom is -0.492 e. The van der Waals surface area contributed by atoms with Gasteiger partial charge in [-0.3, -0.25) is 0 Å². The Labute approximate surface area is 135 Å². The van der Waals surface area contributed by atoms with Gasteiger partial charge >= 0.3 is 0 Å². The second kappa shape index (κ2) is 7.29. The molecule has 0 saturated carbocycles. The SMILES string of the molecule is Cc1cccc(OCCNc2ccc(Cl)cc2C(N)=S)c1. The summed E-state index contributed by atoms with van der Waals surface area (Å²) in [5.41, 5.74) is 8.48. The highest BCUT2D eigenvalue weighted by Crippen LogP contribution is 2.20. The average molecular weight is 321 g/mol. The van der Waals surface area contributed by atoms with E-state index in [2.05, 4.69) is 5.32 Å². The first-order valence-electron chi connectivity index (χ1n) is 6.59. The van der Waals surface area contributed by atoms with E-state index in [4.69, 9.17) is 34.3 Å². The first-order valence-corrected chi connectivity index (χ1v) is 7.37. The molecule has 3 N–H and O–H groups in total. The fraction of sp³-hybridized carbons (Fsp3) is 0.188. The van der Waals surface area contributed by atoms with Gasteiger partial charge in [0.25, 0.3) is 0 Å². The lowest BCUT2D eigenvalue weighted by Gasteiger charge is -2.12. The predicted molar refractivity (Wildman–Crippen MR) is 92.5 cm³/mol. The van der Waals surface area contributed by atoms with Gasteiger partial charge in [-0.1, -0.05) is 36.0 Å². The molecule has 0 saturated heterocycles. The molecule has 3 nitrogen and oxygen atoms in total. The van der Waals surface area contributed by atoms with Gasteiger partial charge in [-0.25, -0.2) is 0 Å². The Hall–Kier alpha value is -1.78. The number of nitrogens with two attached hydrogens (primary N) is 1. The third-order valence-corrected chi connectivity index (χ3v) is 3.38. The zero-order valence-electron chi connectivity index (χ0n) is 11.7. The molecule has 0 atom stereocenters. The lowest BCUT2D eigenvalue weighted by atomic mass is 10.2. The van der Waals surface area contributed by atoms with E-state index in [0.717, 1.165) is 17.0 Å². The molecule has 0 amide bonds. The van der Waals surface area contributed by atoms with E-state index in [0.29, 0.717) is 23.2 Å². The van der Waals surface area contributed by atoms with Crippen LogP contribution in [0, 0.1) is 6.92 Å². The first-order chi connectivity index (χ1) is 10.1. The summed E-state index contributed by atoms with van der Waals surface area (Å²) < 4.78 is 5.68. The minimum absolute atomic E-state index is 0.319. The van der Waals surface area contributed by atoms with Crippen molar-refractivity contribution in [1.29, 1.82) is 0 Å². The van der Waals surface area contributed by atoms with E-state index >= 15 is 0 Å². The molecule has 0 aliphatic heterocycles. The maximum absolute atomic E-state index is 5.95. The number of aryl methyl sites for hydroxylation is 1. The number of thiocarbonyl (C=S) groups is 1. The number of hydrogen-bond acceptors (Lipinski definition) is 3. The number of nitrogens with one attached hydrogen (secondary N) is 1. The minimum atomic E-state index is 0.319. The molecule has 0 radical (unpaired) electrons. The number of halogens is 1. The van der Waals surface area contributed by atoms with Gasteiger partial charge in [0.2, 0.25) is 0 Å². The molecular formula is C16H17ClN2OS. The van der Waals surface area contributed by atoms with Crippen LogP contribution in [0.4, 0.5) is 5.69 Å². The van der Waals surface area contributed by atoms with E-state index < -0.39 is 0 Å². The van der Waals surface area contributed by atoms with Gasteiger partial charge in [0, 0.05) is 22.8 Å². The second-order valence-electron chi connectivity index (χ2n) is 4.65. The van der Waals surface area contributed by atoms with Gasteiger partial charge in [0.15, 0.2) is 0 Å². The van der Waals surface area contributed by atoms with Crippen LogP contribution in [0.3, 0.4) is 0 Å². The quantitative estimate of drug-likeness (QED) is 0.628. The van der Waals surface area contributed by atoms with Crippen molar-refractivity contribution in [3.8, 4) is 5.75 Å². The predicted octanol–water partition coefficient (Wildman–Crippen LogP) is 3.77. The molecule has 5 heteroatoms. The monoisotopic (exact) mass is 320 g/mol. The summed E-state index contributed by atoms with van der Waals surface area (Å²) in [6, 6.07) is 13.4. The van der Waals surface area contributed by atoms with Crippen LogP contribution >= 0.6 is 23.8 Å². The highest BCUT2D eigenvalue weighted by Gasteiger charge is 2.05. The number of rotatable bonds is 6. The van der Waals surface area contributed by atoms with E-state index in [1.807, 2.05) is 37.3 Å². The highest BCUT2D eigenvalue weighted by molar-refractivity contribution is 7.80. The lowest BCUT2D eigenvalue weighted by molar-refractivity contribution is 0.332. The normalized spacial score (nSPS) is 10.2. The molecule has 0 heterocycles. The smallest absolute Gasteiger partial charge is 0.119 e. The summed E-state index contributed by atoms with van der Waals surface area (Å²) in [5, 5.41) is 3.87. The molecule has 0 aromatic heterocycles. The molecule has 110 valence electrons. The fourth-order valence-electron chi connectivity index (χ4n) is 1.93. The van der Waals surface area contributed by atoms with Gasteiger partial charge in [-0.2, -0.15) is 0 Å². The van der Waals surface area contributed by atoms with Crippen LogP contribution in [-0.2, 0) is 0 Å². The zero-order chi connectivity index (χ0) is 15.2. The maximum atomic E-state index is 5.95. The van der Waals surface area contributed by atoms with E-state index in [1.165, 1.54) is 5.56 Å². The van der Waals surface area contributed by atoms with E-state index in [9.17, 15) is 0 Å². The van der Waals surface area contributed by atoms with Crippen LogP contribution < -0.4 is 15.8 Å². The molecule has 0 bridgehead atoms. The van der Waals surface area contributed by atoms with Crippen LogP contribution in [0.15, 0.2) is 42.5 Å². The maximum Gasteiger partial charge on any atom is 0.119 e. The first kappa shape index (κ1) is 15.6. The number of hydrogen-bond donors (Lipinski definition) is 2. The molecular weight excluding hydrogens is 304 g/mol. The summed E-state index contributed by atoms with van der Waals surface area (Å²) in [6.07, 6.45) is 0. The van der Waals surface area contributed by atoms with E-state index in [-0.39, 0.29) is 0 Å². The third kappa shape index (κ3) is 4.62. The summed E-state index contributed by atoms with van der Waals surface area (Å²) in [5.74, 6) is 0.863. The summed E-state index contributed by atoms with van der Waals surface area (Å²) >= 11 is 11.0. The Morgan fingerprint density at radius 3 is 2.81 bits per heavy atom. The van der Waals surface area contributed by atoms with Crippen molar-refractivity contribution in [2.75, 3.05) is 18.5 Å². The Kier molecular flexibility index (Phi) is 5.42. The molecule has 2 aromatic rings. The highest BCUT2D eigenvalue weighted by atomic mass is 35.5. The summed E-state index contributed by atoms with van der Waals surface area (Å²) in [7, 11) is 0. The lowest BCUT2D eigenvalue weighted by Crippen LogP contribution is -2.16. The average Bonchev–Trinajstić information content (AvgIpc) is 2.44. The largest absolute Gasteiger partial charge is 0.492 e. The van der Waals surface area contributed by atoms with Crippen LogP contribution in [-0.4, -0.2) is 18.1 Å². The number of benzene rings is 2. The summed E-state index contributed by atoms with van der Waals surface area (Å²) in [6.45, 7) is 3.22. The van der Waals surface area contributed by atoms with Crippen molar-refractivity contribution in [3.05, 3.63) is 58.6 Å². The Morgan fingerprint density at radius 1 is 1.29 bits per heavy atom.